The molecule has 0 radical (unpaired) electrons. The van der Waals surface area contributed by atoms with Gasteiger partial charge in [0.05, 0.1) is 10.0 Å². The molecule has 1 aromatic carbocycles. The van der Waals surface area contributed by atoms with E-state index in [4.69, 9.17) is 11.6 Å². The molecule has 0 N–H and O–H groups in total. The Morgan fingerprint density at radius 2 is 1.73 bits per heavy atom. The maximum Gasteiger partial charge on any atom is 0.265 e. The van der Waals surface area contributed by atoms with E-state index in [0.29, 0.717) is 33.0 Å². The lowest BCUT2D eigenvalue weighted by molar-refractivity contribution is 0.0702. The van der Waals surface area contributed by atoms with E-state index in [0.717, 1.165) is 16.9 Å². The van der Waals surface area contributed by atoms with Crippen LogP contribution in [0.15, 0.2) is 40.6 Å². The molecule has 0 aliphatic carbocycles. The Hall–Kier alpha value is -1.85. The molecule has 3 heterocycles. The highest BCUT2D eigenvalue weighted by Crippen LogP contribution is 2.31. The number of nitrogens with zero attached hydrogens (tertiary/aromatic N) is 3. The molecule has 6 nitrogen and oxygen atoms in total. The van der Waals surface area contributed by atoms with E-state index in [-0.39, 0.29) is 29.0 Å². The second kappa shape index (κ2) is 8.35. The van der Waals surface area contributed by atoms with Gasteiger partial charge in [-0.25, -0.2) is 17.8 Å². The summed E-state index contributed by atoms with van der Waals surface area (Å²) >= 11 is 8.14. The minimum atomic E-state index is -3.61. The molecule has 2 aromatic heterocycles. The Bertz CT molecular complexity index is 1180. The van der Waals surface area contributed by atoms with Gasteiger partial charge in [0.25, 0.3) is 15.9 Å². The first-order chi connectivity index (χ1) is 14.3. The van der Waals surface area contributed by atoms with Gasteiger partial charge in [-0.2, -0.15) is 4.31 Å². The second-order valence-electron chi connectivity index (χ2n) is 6.70. The molecular weight excluding hydrogens is 469 g/mol. The standard InChI is InChI=1S/C19H17ClFN3O3S3/c1-12-17(29-18(22-12)13-2-4-14(21)5-3-13)19(25)23-8-10-24(11-9-23)30(26,27)16-7-6-15(20)28-16/h2-7H,8-11H2,1H3. The smallest absolute Gasteiger partial charge is 0.265 e. The number of halogens is 2. The van der Waals surface area contributed by atoms with Crippen molar-refractivity contribution in [1.82, 2.24) is 14.2 Å². The van der Waals surface area contributed by atoms with Crippen LogP contribution in [0.5, 0.6) is 0 Å². The number of aryl methyl sites for hydroxylation is 1. The summed E-state index contributed by atoms with van der Waals surface area (Å²) in [4.78, 5) is 19.6. The summed E-state index contributed by atoms with van der Waals surface area (Å²) in [6.45, 7) is 2.78. The van der Waals surface area contributed by atoms with Crippen molar-refractivity contribution >= 4 is 50.2 Å². The lowest BCUT2D eigenvalue weighted by atomic mass is 10.2. The van der Waals surface area contributed by atoms with Crippen LogP contribution in [0.25, 0.3) is 10.6 Å². The van der Waals surface area contributed by atoms with Crippen LogP contribution in [0.3, 0.4) is 0 Å². The molecule has 0 spiro atoms. The van der Waals surface area contributed by atoms with Crippen molar-refractivity contribution in [3.63, 3.8) is 0 Å². The molecule has 0 saturated carbocycles. The average molecular weight is 486 g/mol. The summed E-state index contributed by atoms with van der Waals surface area (Å²) in [7, 11) is -3.61. The number of thiazole rings is 1. The predicted octanol–water partition coefficient (Wildman–Crippen LogP) is 4.12. The molecule has 0 bridgehead atoms. The van der Waals surface area contributed by atoms with E-state index >= 15 is 0 Å². The molecule has 158 valence electrons. The van der Waals surface area contributed by atoms with Crippen molar-refractivity contribution in [3.8, 4) is 10.6 Å². The summed E-state index contributed by atoms with van der Waals surface area (Å²) in [6, 6.07) is 9.02. The van der Waals surface area contributed by atoms with E-state index in [1.165, 1.54) is 33.8 Å². The van der Waals surface area contributed by atoms with Gasteiger partial charge in [-0.05, 0) is 43.3 Å². The number of carbonyl (C=O) groups is 1. The van der Waals surface area contributed by atoms with E-state index in [9.17, 15) is 17.6 Å². The van der Waals surface area contributed by atoms with Crippen LogP contribution in [0, 0.1) is 12.7 Å². The average Bonchev–Trinajstić information content (AvgIpc) is 3.34. The van der Waals surface area contributed by atoms with Gasteiger partial charge >= 0.3 is 0 Å². The fourth-order valence-electron chi connectivity index (χ4n) is 3.15. The predicted molar refractivity (Wildman–Crippen MR) is 116 cm³/mol. The van der Waals surface area contributed by atoms with E-state index < -0.39 is 10.0 Å². The normalized spacial score (nSPS) is 15.5. The zero-order valence-corrected chi connectivity index (χ0v) is 19.0. The molecule has 30 heavy (non-hydrogen) atoms. The van der Waals surface area contributed by atoms with Gasteiger partial charge < -0.3 is 4.90 Å². The third-order valence-corrected chi connectivity index (χ3v) is 9.54. The molecule has 1 aliphatic rings. The van der Waals surface area contributed by atoms with Crippen LogP contribution in [0.2, 0.25) is 4.34 Å². The van der Waals surface area contributed by atoms with E-state index in [1.54, 1.807) is 30.0 Å². The molecule has 3 aromatic rings. The molecule has 0 atom stereocenters. The number of piperazine rings is 1. The lowest BCUT2D eigenvalue weighted by Gasteiger charge is -2.33. The van der Waals surface area contributed by atoms with Crippen LogP contribution in [0.4, 0.5) is 4.39 Å². The molecule has 11 heteroatoms. The Morgan fingerprint density at radius 3 is 2.33 bits per heavy atom. The first-order valence-corrected chi connectivity index (χ1v) is 12.5. The molecule has 1 aliphatic heterocycles. The maximum atomic E-state index is 13.2. The summed E-state index contributed by atoms with van der Waals surface area (Å²) in [5, 5.41) is 0.645. The number of rotatable bonds is 4. The number of hydrogen-bond donors (Lipinski definition) is 0. The fourth-order valence-corrected chi connectivity index (χ4v) is 7.25. The molecule has 0 unspecified atom stereocenters. The molecule has 1 fully saturated rings. The third kappa shape index (κ3) is 4.15. The van der Waals surface area contributed by atoms with Crippen molar-refractivity contribution < 1.29 is 17.6 Å². The van der Waals surface area contributed by atoms with Crippen molar-refractivity contribution in [2.75, 3.05) is 26.2 Å². The number of hydrogen-bond acceptors (Lipinski definition) is 6. The van der Waals surface area contributed by atoms with E-state index in [2.05, 4.69) is 4.98 Å². The fraction of sp³-hybridized carbons (Fsp3) is 0.263. The van der Waals surface area contributed by atoms with Crippen LogP contribution in [-0.2, 0) is 10.0 Å². The van der Waals surface area contributed by atoms with Crippen molar-refractivity contribution in [2.45, 2.75) is 11.1 Å². The summed E-state index contributed by atoms with van der Waals surface area (Å²) in [6.07, 6.45) is 0. The Balaban J connectivity index is 1.46. The SMILES string of the molecule is Cc1nc(-c2ccc(F)cc2)sc1C(=O)N1CCN(S(=O)(=O)c2ccc(Cl)s2)CC1. The number of aromatic nitrogens is 1. The van der Waals surface area contributed by atoms with Gasteiger partial charge in [0.1, 0.15) is 19.9 Å². The number of thiophene rings is 1. The number of amides is 1. The van der Waals surface area contributed by atoms with Gasteiger partial charge in [0.2, 0.25) is 0 Å². The third-order valence-electron chi connectivity index (χ3n) is 4.75. The van der Waals surface area contributed by atoms with Gasteiger partial charge in [0, 0.05) is 31.7 Å². The van der Waals surface area contributed by atoms with Crippen molar-refractivity contribution in [3.05, 3.63) is 57.1 Å². The van der Waals surface area contributed by atoms with Crippen LogP contribution < -0.4 is 0 Å². The topological polar surface area (TPSA) is 70.6 Å². The largest absolute Gasteiger partial charge is 0.335 e. The number of sulfonamides is 1. The highest BCUT2D eigenvalue weighted by Gasteiger charge is 2.32. The Labute approximate surface area is 186 Å². The zero-order chi connectivity index (χ0) is 21.5. The van der Waals surface area contributed by atoms with Crippen molar-refractivity contribution in [1.29, 1.82) is 0 Å². The summed E-state index contributed by atoms with van der Waals surface area (Å²) < 4.78 is 40.6. The lowest BCUT2D eigenvalue weighted by Crippen LogP contribution is -2.50. The maximum absolute atomic E-state index is 13.2. The number of carbonyl (C=O) groups excluding carboxylic acids is 1. The number of benzene rings is 1. The van der Waals surface area contributed by atoms with E-state index in [1.807, 2.05) is 0 Å². The quantitative estimate of drug-likeness (QED) is 0.557. The van der Waals surface area contributed by atoms with Crippen LogP contribution in [0.1, 0.15) is 15.4 Å². The first kappa shape index (κ1) is 21.4. The molecule has 1 saturated heterocycles. The highest BCUT2D eigenvalue weighted by atomic mass is 35.5. The van der Waals surface area contributed by atoms with Crippen LogP contribution >= 0.6 is 34.3 Å². The minimum Gasteiger partial charge on any atom is -0.335 e. The molecular formula is C19H17ClFN3O3S3. The second-order valence-corrected chi connectivity index (χ2v) is 11.6. The Morgan fingerprint density at radius 1 is 1.07 bits per heavy atom. The van der Waals surface area contributed by atoms with Gasteiger partial charge in [-0.15, -0.1) is 22.7 Å². The summed E-state index contributed by atoms with van der Waals surface area (Å²) in [5.41, 5.74) is 1.35. The zero-order valence-electron chi connectivity index (χ0n) is 15.8. The Kier molecular flexibility index (Phi) is 5.95. The van der Waals surface area contributed by atoms with Gasteiger partial charge in [0.15, 0.2) is 0 Å². The van der Waals surface area contributed by atoms with Gasteiger partial charge in [-0.1, -0.05) is 11.6 Å². The highest BCUT2D eigenvalue weighted by molar-refractivity contribution is 7.91. The van der Waals surface area contributed by atoms with Gasteiger partial charge in [-0.3, -0.25) is 4.79 Å². The first-order valence-electron chi connectivity index (χ1n) is 9.04. The summed E-state index contributed by atoms with van der Waals surface area (Å²) in [5.74, 6) is -0.504. The monoisotopic (exact) mass is 485 g/mol. The van der Waals surface area contributed by atoms with Crippen LogP contribution in [-0.4, -0.2) is 54.7 Å². The minimum absolute atomic E-state index is 0.172. The van der Waals surface area contributed by atoms with Crippen molar-refractivity contribution in [2.24, 2.45) is 0 Å². The molecule has 4 rings (SSSR count). The molecule has 1 amide bonds.